The maximum absolute atomic E-state index is 6.42. The lowest BCUT2D eigenvalue weighted by molar-refractivity contribution is 0.669. The van der Waals surface area contributed by atoms with Gasteiger partial charge < -0.3 is 4.42 Å². The highest BCUT2D eigenvalue weighted by Gasteiger charge is 2.20. The Labute approximate surface area is 246 Å². The molecule has 0 fully saturated rings. The quantitative estimate of drug-likeness (QED) is 0.205. The maximum Gasteiger partial charge on any atom is 0.167 e. The predicted octanol–water partition coefficient (Wildman–Crippen LogP) is 9.63. The summed E-state index contributed by atoms with van der Waals surface area (Å²) in [5, 5.41) is 7.66. The van der Waals surface area contributed by atoms with Crippen LogP contribution in [0, 0.1) is 0 Å². The molecular formula is C38H22N4O. The molecule has 0 radical (unpaired) electrons. The molecule has 0 spiro atoms. The van der Waals surface area contributed by atoms with E-state index in [-0.39, 0.29) is 0 Å². The van der Waals surface area contributed by atoms with Crippen molar-refractivity contribution in [1.82, 2.24) is 19.9 Å². The van der Waals surface area contributed by atoms with Gasteiger partial charge in [-0.1, -0.05) is 103 Å². The SMILES string of the molecule is c1ccc2c(c1)ccc1cccc(-c3nc(-c4cccc5ncccc45)nc(-c4cccc5c4oc4ccccc45)n3)c12. The van der Waals surface area contributed by atoms with E-state index < -0.39 is 0 Å². The Hall–Kier alpha value is -5.94. The van der Waals surface area contributed by atoms with Crippen molar-refractivity contribution in [2.75, 3.05) is 0 Å². The molecule has 0 unspecified atom stereocenters. The highest BCUT2D eigenvalue weighted by molar-refractivity contribution is 6.14. The number of benzene rings is 6. The van der Waals surface area contributed by atoms with Crippen molar-refractivity contribution in [2.45, 2.75) is 0 Å². The largest absolute Gasteiger partial charge is 0.455 e. The first kappa shape index (κ1) is 23.7. The van der Waals surface area contributed by atoms with Gasteiger partial charge in [-0.2, -0.15) is 0 Å². The lowest BCUT2D eigenvalue weighted by Gasteiger charge is -2.13. The van der Waals surface area contributed by atoms with E-state index in [0.29, 0.717) is 17.5 Å². The monoisotopic (exact) mass is 550 g/mol. The predicted molar refractivity (Wildman–Crippen MR) is 174 cm³/mol. The second-order valence-corrected chi connectivity index (χ2v) is 10.7. The average Bonchev–Trinajstić information content (AvgIpc) is 3.46. The van der Waals surface area contributed by atoms with Crippen LogP contribution in [0.15, 0.2) is 138 Å². The van der Waals surface area contributed by atoms with E-state index >= 15 is 0 Å². The van der Waals surface area contributed by atoms with Crippen LogP contribution in [0.1, 0.15) is 0 Å². The lowest BCUT2D eigenvalue weighted by atomic mass is 9.97. The number of fused-ring (bicyclic) bond motifs is 7. The highest BCUT2D eigenvalue weighted by atomic mass is 16.3. The molecule has 5 nitrogen and oxygen atoms in total. The zero-order valence-corrected chi connectivity index (χ0v) is 22.9. The van der Waals surface area contributed by atoms with Gasteiger partial charge in [-0.15, -0.1) is 0 Å². The second-order valence-electron chi connectivity index (χ2n) is 10.7. The fraction of sp³-hybridized carbons (Fsp3) is 0. The van der Waals surface area contributed by atoms with Gasteiger partial charge >= 0.3 is 0 Å². The first-order valence-corrected chi connectivity index (χ1v) is 14.2. The Balaban J connectivity index is 1.39. The fourth-order valence-electron chi connectivity index (χ4n) is 6.20. The number of rotatable bonds is 3. The zero-order valence-electron chi connectivity index (χ0n) is 22.9. The molecule has 43 heavy (non-hydrogen) atoms. The summed E-state index contributed by atoms with van der Waals surface area (Å²) in [6.45, 7) is 0. The summed E-state index contributed by atoms with van der Waals surface area (Å²) in [4.78, 5) is 20.0. The van der Waals surface area contributed by atoms with Crippen LogP contribution in [0.2, 0.25) is 0 Å². The Morgan fingerprint density at radius 2 is 1.05 bits per heavy atom. The molecule has 3 aromatic heterocycles. The van der Waals surface area contributed by atoms with Gasteiger partial charge in [0.2, 0.25) is 0 Å². The Morgan fingerprint density at radius 1 is 0.419 bits per heavy atom. The van der Waals surface area contributed by atoms with E-state index in [9.17, 15) is 0 Å². The third-order valence-electron chi connectivity index (χ3n) is 8.18. The number of pyridine rings is 1. The van der Waals surface area contributed by atoms with E-state index in [0.717, 1.165) is 65.7 Å². The van der Waals surface area contributed by atoms with Gasteiger partial charge in [-0.25, -0.2) is 15.0 Å². The molecule has 0 amide bonds. The van der Waals surface area contributed by atoms with E-state index in [4.69, 9.17) is 19.4 Å². The van der Waals surface area contributed by atoms with Crippen molar-refractivity contribution < 1.29 is 4.42 Å². The van der Waals surface area contributed by atoms with Crippen LogP contribution in [0.4, 0.5) is 0 Å². The summed E-state index contributed by atoms with van der Waals surface area (Å²) in [5.74, 6) is 1.75. The molecule has 0 bridgehead atoms. The molecule has 0 aliphatic carbocycles. The topological polar surface area (TPSA) is 64.7 Å². The van der Waals surface area contributed by atoms with Gasteiger partial charge in [0, 0.05) is 38.9 Å². The molecule has 3 heterocycles. The molecule has 0 aliphatic rings. The normalized spacial score (nSPS) is 11.7. The Kier molecular flexibility index (Phi) is 5.13. The van der Waals surface area contributed by atoms with Crippen LogP contribution in [-0.2, 0) is 0 Å². The number of aromatic nitrogens is 4. The molecule has 200 valence electrons. The molecule has 6 aromatic carbocycles. The molecular weight excluding hydrogens is 528 g/mol. The van der Waals surface area contributed by atoms with Gasteiger partial charge in [0.15, 0.2) is 17.5 Å². The summed E-state index contributed by atoms with van der Waals surface area (Å²) < 4.78 is 6.42. The summed E-state index contributed by atoms with van der Waals surface area (Å²) in [6.07, 6.45) is 1.81. The van der Waals surface area contributed by atoms with Crippen molar-refractivity contribution in [3.05, 3.63) is 134 Å². The number of hydrogen-bond donors (Lipinski definition) is 0. The molecule has 9 aromatic rings. The van der Waals surface area contributed by atoms with E-state index in [1.54, 1.807) is 6.20 Å². The average molecular weight is 551 g/mol. The van der Waals surface area contributed by atoms with Crippen molar-refractivity contribution in [3.63, 3.8) is 0 Å². The summed E-state index contributed by atoms with van der Waals surface area (Å²) in [5.41, 5.74) is 5.16. The van der Waals surface area contributed by atoms with Crippen LogP contribution >= 0.6 is 0 Å². The first-order valence-electron chi connectivity index (χ1n) is 14.2. The third kappa shape index (κ3) is 3.72. The second kappa shape index (κ2) is 9.29. The minimum absolute atomic E-state index is 0.558. The molecule has 5 heteroatoms. The lowest BCUT2D eigenvalue weighted by Crippen LogP contribution is -2.01. The number of nitrogens with zero attached hydrogens (tertiary/aromatic N) is 4. The van der Waals surface area contributed by atoms with Gasteiger partial charge in [0.1, 0.15) is 11.2 Å². The van der Waals surface area contributed by atoms with Crippen molar-refractivity contribution in [2.24, 2.45) is 0 Å². The number of furan rings is 1. The Morgan fingerprint density at radius 3 is 1.98 bits per heavy atom. The highest BCUT2D eigenvalue weighted by Crippen LogP contribution is 2.38. The van der Waals surface area contributed by atoms with Crippen LogP contribution in [0.25, 0.3) is 88.5 Å². The van der Waals surface area contributed by atoms with Gasteiger partial charge in [0.25, 0.3) is 0 Å². The van der Waals surface area contributed by atoms with Gasteiger partial charge in [-0.3, -0.25) is 4.98 Å². The maximum atomic E-state index is 6.42. The number of para-hydroxylation sites is 2. The van der Waals surface area contributed by atoms with Crippen LogP contribution in [0.5, 0.6) is 0 Å². The molecule has 0 aliphatic heterocycles. The minimum Gasteiger partial charge on any atom is -0.455 e. The van der Waals surface area contributed by atoms with Crippen molar-refractivity contribution in [3.8, 4) is 34.2 Å². The molecule has 0 saturated carbocycles. The minimum atomic E-state index is 0.558. The van der Waals surface area contributed by atoms with E-state index in [1.807, 2.05) is 54.6 Å². The number of hydrogen-bond acceptors (Lipinski definition) is 5. The van der Waals surface area contributed by atoms with Crippen LogP contribution < -0.4 is 0 Å². The fourth-order valence-corrected chi connectivity index (χ4v) is 6.20. The molecule has 0 atom stereocenters. The third-order valence-corrected chi connectivity index (χ3v) is 8.18. The van der Waals surface area contributed by atoms with Gasteiger partial charge in [0.05, 0.1) is 11.1 Å². The Bertz CT molecular complexity index is 2530. The standard InChI is InChI=1S/C38H22N4O/c1-2-11-25-23(9-1)20-21-24-10-5-15-30(34(24)25)37-40-36(29-14-7-18-32-26(29)17-8-22-39-32)41-38(42-37)31-16-6-13-28-27-12-3-4-19-33(27)43-35(28)31/h1-22H. The summed E-state index contributed by atoms with van der Waals surface area (Å²) >= 11 is 0. The molecule has 0 N–H and O–H groups in total. The van der Waals surface area contributed by atoms with Gasteiger partial charge in [-0.05, 0) is 40.4 Å². The zero-order chi connectivity index (χ0) is 28.3. The summed E-state index contributed by atoms with van der Waals surface area (Å²) in [7, 11) is 0. The van der Waals surface area contributed by atoms with E-state index in [1.165, 1.54) is 5.39 Å². The van der Waals surface area contributed by atoms with E-state index in [2.05, 4.69) is 77.8 Å². The smallest absolute Gasteiger partial charge is 0.167 e. The van der Waals surface area contributed by atoms with Crippen molar-refractivity contribution >= 4 is 54.4 Å². The summed E-state index contributed by atoms with van der Waals surface area (Å²) in [6, 6.07) is 43.4. The molecule has 0 saturated heterocycles. The van der Waals surface area contributed by atoms with Crippen LogP contribution in [0.3, 0.4) is 0 Å². The molecule has 9 rings (SSSR count). The van der Waals surface area contributed by atoms with Crippen LogP contribution in [-0.4, -0.2) is 19.9 Å². The van der Waals surface area contributed by atoms with Crippen molar-refractivity contribution in [1.29, 1.82) is 0 Å². The first-order chi connectivity index (χ1) is 21.3.